The largest absolute Gasteiger partial charge is 0.466 e. The first-order valence-electron chi connectivity index (χ1n) is 4.75. The summed E-state index contributed by atoms with van der Waals surface area (Å²) in [6.45, 7) is 1.64. The fraction of sp³-hybridized carbons (Fsp3) is 0.273. The Kier molecular flexibility index (Phi) is 3.09. The van der Waals surface area contributed by atoms with Crippen molar-refractivity contribution in [1.29, 1.82) is 0 Å². The standard InChI is InChI=1S/C11H9BrO4S/c1-11(9-3-6(12)5-17-9)8(13)4-7(16-11)10(14)15-2/h3-5H,1-2H3. The molecule has 4 nitrogen and oxygen atoms in total. The molecule has 0 amide bonds. The second-order valence-corrected chi connectivity index (χ2v) is 5.46. The van der Waals surface area contributed by atoms with Gasteiger partial charge in [-0.25, -0.2) is 4.79 Å². The molecule has 0 N–H and O–H groups in total. The van der Waals surface area contributed by atoms with Crippen molar-refractivity contribution in [3.05, 3.63) is 32.6 Å². The monoisotopic (exact) mass is 316 g/mol. The van der Waals surface area contributed by atoms with E-state index < -0.39 is 11.6 Å². The van der Waals surface area contributed by atoms with Gasteiger partial charge in [-0.05, 0) is 28.9 Å². The molecule has 0 aromatic carbocycles. The van der Waals surface area contributed by atoms with Crippen molar-refractivity contribution < 1.29 is 19.1 Å². The van der Waals surface area contributed by atoms with Crippen LogP contribution in [0.2, 0.25) is 0 Å². The quantitative estimate of drug-likeness (QED) is 0.786. The molecule has 0 bridgehead atoms. The van der Waals surface area contributed by atoms with Crippen molar-refractivity contribution in [3.63, 3.8) is 0 Å². The third-order valence-electron chi connectivity index (χ3n) is 2.47. The van der Waals surface area contributed by atoms with E-state index in [0.717, 1.165) is 9.35 Å². The minimum absolute atomic E-state index is 0.0514. The van der Waals surface area contributed by atoms with Crippen molar-refractivity contribution >= 4 is 39.0 Å². The molecule has 17 heavy (non-hydrogen) atoms. The van der Waals surface area contributed by atoms with E-state index in [9.17, 15) is 9.59 Å². The average molecular weight is 317 g/mol. The molecule has 2 heterocycles. The van der Waals surface area contributed by atoms with Gasteiger partial charge in [0, 0.05) is 15.9 Å². The fourth-order valence-corrected chi connectivity index (χ4v) is 3.02. The van der Waals surface area contributed by atoms with Crippen molar-refractivity contribution in [3.8, 4) is 0 Å². The topological polar surface area (TPSA) is 52.6 Å². The van der Waals surface area contributed by atoms with Crippen LogP contribution < -0.4 is 0 Å². The molecule has 1 unspecified atom stereocenters. The van der Waals surface area contributed by atoms with Gasteiger partial charge in [-0.15, -0.1) is 11.3 Å². The zero-order valence-corrected chi connectivity index (χ0v) is 11.6. The lowest BCUT2D eigenvalue weighted by molar-refractivity contribution is -0.144. The lowest BCUT2D eigenvalue weighted by Gasteiger charge is -2.21. The second kappa shape index (κ2) is 4.27. The van der Waals surface area contributed by atoms with E-state index in [-0.39, 0.29) is 11.5 Å². The number of halogens is 1. The van der Waals surface area contributed by atoms with Gasteiger partial charge in [-0.1, -0.05) is 0 Å². The van der Waals surface area contributed by atoms with Gasteiger partial charge in [0.15, 0.2) is 0 Å². The third-order valence-corrected chi connectivity index (χ3v) is 4.36. The van der Waals surface area contributed by atoms with Crippen LogP contribution in [0.25, 0.3) is 0 Å². The predicted molar refractivity (Wildman–Crippen MR) is 65.6 cm³/mol. The van der Waals surface area contributed by atoms with Gasteiger partial charge >= 0.3 is 5.97 Å². The summed E-state index contributed by atoms with van der Waals surface area (Å²) in [5.41, 5.74) is -1.12. The summed E-state index contributed by atoms with van der Waals surface area (Å²) < 4.78 is 10.8. The zero-order valence-electron chi connectivity index (χ0n) is 9.15. The summed E-state index contributed by atoms with van der Waals surface area (Å²) >= 11 is 4.71. The minimum Gasteiger partial charge on any atom is -0.466 e. The van der Waals surface area contributed by atoms with Gasteiger partial charge in [0.2, 0.25) is 17.1 Å². The van der Waals surface area contributed by atoms with Crippen LogP contribution in [-0.4, -0.2) is 18.9 Å². The molecule has 2 rings (SSSR count). The number of ether oxygens (including phenoxy) is 2. The minimum atomic E-state index is -1.12. The highest BCUT2D eigenvalue weighted by molar-refractivity contribution is 9.10. The van der Waals surface area contributed by atoms with Gasteiger partial charge in [-0.2, -0.15) is 0 Å². The van der Waals surface area contributed by atoms with Crippen molar-refractivity contribution in [2.75, 3.05) is 7.11 Å². The number of carbonyl (C=O) groups excluding carboxylic acids is 2. The van der Waals surface area contributed by atoms with Gasteiger partial charge in [0.25, 0.3) is 0 Å². The molecule has 1 aromatic rings. The van der Waals surface area contributed by atoms with E-state index >= 15 is 0 Å². The summed E-state index contributed by atoms with van der Waals surface area (Å²) in [7, 11) is 1.24. The molecule has 0 radical (unpaired) electrons. The third kappa shape index (κ3) is 2.02. The van der Waals surface area contributed by atoms with Crippen LogP contribution in [0.4, 0.5) is 0 Å². The molecular formula is C11H9BrO4S. The Balaban J connectivity index is 2.32. The Hall–Kier alpha value is -1.14. The molecule has 1 atom stereocenters. The summed E-state index contributed by atoms with van der Waals surface area (Å²) in [5.74, 6) is -0.950. The van der Waals surface area contributed by atoms with Crippen LogP contribution >= 0.6 is 27.3 Å². The Morgan fingerprint density at radius 3 is 2.82 bits per heavy atom. The Labute approximate surface area is 110 Å². The lowest BCUT2D eigenvalue weighted by atomic mass is 10.0. The SMILES string of the molecule is COC(=O)C1=CC(=O)C(C)(c2cc(Br)cs2)O1. The zero-order chi connectivity index (χ0) is 12.6. The molecule has 0 aliphatic carbocycles. The molecule has 0 saturated heterocycles. The molecule has 1 aliphatic heterocycles. The number of thiophene rings is 1. The summed E-state index contributed by atoms with van der Waals surface area (Å²) in [4.78, 5) is 24.0. The normalized spacial score (nSPS) is 23.2. The molecule has 1 aliphatic rings. The molecule has 0 saturated carbocycles. The summed E-state index contributed by atoms with van der Waals surface area (Å²) in [5, 5.41) is 1.85. The second-order valence-electron chi connectivity index (χ2n) is 3.63. The molecule has 0 fully saturated rings. The summed E-state index contributed by atoms with van der Waals surface area (Å²) in [6.07, 6.45) is 1.18. The predicted octanol–water partition coefficient (Wildman–Crippen LogP) is 2.38. The molecule has 1 aromatic heterocycles. The van der Waals surface area contributed by atoms with Gasteiger partial charge in [0.1, 0.15) is 0 Å². The highest BCUT2D eigenvalue weighted by Gasteiger charge is 2.45. The smallest absolute Gasteiger partial charge is 0.373 e. The average Bonchev–Trinajstić information content (AvgIpc) is 2.84. The number of rotatable bonds is 2. The maximum Gasteiger partial charge on any atom is 0.373 e. The first kappa shape index (κ1) is 12.3. The number of esters is 1. The van der Waals surface area contributed by atoms with Crippen LogP contribution in [0.3, 0.4) is 0 Å². The van der Waals surface area contributed by atoms with Crippen LogP contribution in [0.5, 0.6) is 0 Å². The van der Waals surface area contributed by atoms with Crippen molar-refractivity contribution in [2.24, 2.45) is 0 Å². The van der Waals surface area contributed by atoms with E-state index in [0.29, 0.717) is 0 Å². The van der Waals surface area contributed by atoms with Crippen LogP contribution in [-0.2, 0) is 24.7 Å². The van der Waals surface area contributed by atoms with Crippen molar-refractivity contribution in [1.82, 2.24) is 0 Å². The Morgan fingerprint density at radius 2 is 2.29 bits per heavy atom. The van der Waals surface area contributed by atoms with Crippen LogP contribution in [0, 0.1) is 0 Å². The van der Waals surface area contributed by atoms with Gasteiger partial charge in [-0.3, -0.25) is 4.79 Å². The van der Waals surface area contributed by atoms with E-state index in [1.54, 1.807) is 13.0 Å². The van der Waals surface area contributed by atoms with E-state index in [4.69, 9.17) is 4.74 Å². The molecular weight excluding hydrogens is 308 g/mol. The molecule has 90 valence electrons. The highest BCUT2D eigenvalue weighted by atomic mass is 79.9. The Morgan fingerprint density at radius 1 is 1.59 bits per heavy atom. The van der Waals surface area contributed by atoms with Crippen LogP contribution in [0.1, 0.15) is 11.8 Å². The lowest BCUT2D eigenvalue weighted by Crippen LogP contribution is -2.29. The first-order valence-corrected chi connectivity index (χ1v) is 6.42. The van der Waals surface area contributed by atoms with E-state index in [1.807, 2.05) is 5.38 Å². The molecule has 6 heteroatoms. The maximum atomic E-state index is 11.9. The number of ketones is 1. The Bertz CT molecular complexity index is 519. The van der Waals surface area contributed by atoms with Crippen molar-refractivity contribution in [2.45, 2.75) is 12.5 Å². The van der Waals surface area contributed by atoms with E-state index in [1.165, 1.54) is 24.5 Å². The number of carbonyl (C=O) groups is 2. The highest BCUT2D eigenvalue weighted by Crippen LogP contribution is 2.39. The summed E-state index contributed by atoms with van der Waals surface area (Å²) in [6, 6.07) is 1.80. The van der Waals surface area contributed by atoms with Gasteiger partial charge < -0.3 is 9.47 Å². The first-order chi connectivity index (χ1) is 7.97. The number of methoxy groups -OCH3 is 1. The van der Waals surface area contributed by atoms with E-state index in [2.05, 4.69) is 20.7 Å². The fourth-order valence-electron chi connectivity index (χ4n) is 1.49. The van der Waals surface area contributed by atoms with Crippen LogP contribution in [0.15, 0.2) is 27.8 Å². The molecule has 0 spiro atoms. The number of hydrogen-bond donors (Lipinski definition) is 0. The van der Waals surface area contributed by atoms with Gasteiger partial charge in [0.05, 0.1) is 12.0 Å². The number of hydrogen-bond acceptors (Lipinski definition) is 5. The maximum absolute atomic E-state index is 11.9.